The Kier molecular flexibility index (Phi) is 4.90. The second-order valence-corrected chi connectivity index (χ2v) is 6.64. The first kappa shape index (κ1) is 18.5. The van der Waals surface area contributed by atoms with Gasteiger partial charge in [0.25, 0.3) is 5.91 Å². The Balaban J connectivity index is 1.69. The van der Waals surface area contributed by atoms with Gasteiger partial charge in [-0.2, -0.15) is 4.80 Å². The number of aryl methyl sites for hydroxylation is 2. The van der Waals surface area contributed by atoms with E-state index < -0.39 is 5.91 Å². The van der Waals surface area contributed by atoms with Crippen LogP contribution in [0.4, 0.5) is 0 Å². The van der Waals surface area contributed by atoms with Crippen LogP contribution in [0.3, 0.4) is 0 Å². The van der Waals surface area contributed by atoms with Crippen molar-refractivity contribution < 1.29 is 9.53 Å². The van der Waals surface area contributed by atoms with Gasteiger partial charge in [-0.15, -0.1) is 10.2 Å². The van der Waals surface area contributed by atoms with Crippen LogP contribution in [0, 0.1) is 6.92 Å². The fraction of sp³-hybridized carbons (Fsp3) is 0.190. The predicted molar refractivity (Wildman–Crippen MR) is 109 cm³/mol. The van der Waals surface area contributed by atoms with E-state index in [4.69, 9.17) is 15.5 Å². The molecule has 146 valence electrons. The highest BCUT2D eigenvalue weighted by molar-refractivity contribution is 5.88. The largest absolute Gasteiger partial charge is 0.484 e. The number of hydrogen-bond donors (Lipinski definition) is 1. The Morgan fingerprint density at radius 2 is 1.86 bits per heavy atom. The number of rotatable bonds is 6. The molecule has 2 heterocycles. The summed E-state index contributed by atoms with van der Waals surface area (Å²) in [5, 5.41) is 13.6. The molecule has 4 rings (SSSR count). The molecule has 0 spiro atoms. The number of pyridine rings is 1. The average molecular weight is 388 g/mol. The summed E-state index contributed by atoms with van der Waals surface area (Å²) >= 11 is 0. The van der Waals surface area contributed by atoms with Crippen molar-refractivity contribution in [2.75, 3.05) is 6.61 Å². The maximum absolute atomic E-state index is 10.8. The lowest BCUT2D eigenvalue weighted by Gasteiger charge is -2.09. The SMILES string of the molecule is CCn1nnc(-c2ccc3c(C)cc(-c4ccc(OCC(N)=O)cc4)nc3c2)n1. The van der Waals surface area contributed by atoms with Gasteiger partial charge in [0, 0.05) is 16.5 Å². The van der Waals surface area contributed by atoms with Gasteiger partial charge in [0.2, 0.25) is 5.82 Å². The Bertz CT molecular complexity index is 1180. The van der Waals surface area contributed by atoms with E-state index in [-0.39, 0.29) is 6.61 Å². The molecule has 0 radical (unpaired) electrons. The van der Waals surface area contributed by atoms with Crippen LogP contribution in [-0.2, 0) is 11.3 Å². The van der Waals surface area contributed by atoms with Gasteiger partial charge in [0.1, 0.15) is 5.75 Å². The van der Waals surface area contributed by atoms with Crippen molar-refractivity contribution in [3.05, 3.63) is 54.1 Å². The van der Waals surface area contributed by atoms with Gasteiger partial charge in [0.05, 0.1) is 17.8 Å². The maximum Gasteiger partial charge on any atom is 0.255 e. The van der Waals surface area contributed by atoms with Crippen LogP contribution in [-0.4, -0.2) is 37.7 Å². The lowest BCUT2D eigenvalue weighted by molar-refractivity contribution is -0.119. The summed E-state index contributed by atoms with van der Waals surface area (Å²) < 4.78 is 5.31. The van der Waals surface area contributed by atoms with Crippen LogP contribution >= 0.6 is 0 Å². The molecule has 2 N–H and O–H groups in total. The zero-order valence-corrected chi connectivity index (χ0v) is 16.2. The third-order valence-corrected chi connectivity index (χ3v) is 4.54. The Morgan fingerprint density at radius 1 is 1.10 bits per heavy atom. The predicted octanol–water partition coefficient (Wildman–Crippen LogP) is 2.75. The third-order valence-electron chi connectivity index (χ3n) is 4.54. The topological polar surface area (TPSA) is 109 Å². The van der Waals surface area contributed by atoms with Crippen molar-refractivity contribution in [3.8, 4) is 28.4 Å². The maximum atomic E-state index is 10.8. The molecule has 1 amide bonds. The quantitative estimate of drug-likeness (QED) is 0.544. The number of tetrazole rings is 1. The smallest absolute Gasteiger partial charge is 0.255 e. The number of ether oxygens (including phenoxy) is 1. The number of amides is 1. The summed E-state index contributed by atoms with van der Waals surface area (Å²) in [6, 6.07) is 15.4. The van der Waals surface area contributed by atoms with E-state index >= 15 is 0 Å². The van der Waals surface area contributed by atoms with Gasteiger partial charge in [-0.1, -0.05) is 12.1 Å². The van der Waals surface area contributed by atoms with Gasteiger partial charge >= 0.3 is 0 Å². The number of hydrogen-bond acceptors (Lipinski definition) is 6. The highest BCUT2D eigenvalue weighted by Gasteiger charge is 2.10. The minimum absolute atomic E-state index is 0.147. The number of nitrogens with zero attached hydrogens (tertiary/aromatic N) is 5. The van der Waals surface area contributed by atoms with Crippen LogP contribution < -0.4 is 10.5 Å². The average Bonchev–Trinajstić information content (AvgIpc) is 3.21. The standard InChI is InChI=1S/C21H20N6O2/c1-3-27-25-21(24-26-27)15-6-9-17-13(2)10-18(23-19(17)11-15)14-4-7-16(8-5-14)29-12-20(22)28/h4-11H,3,12H2,1-2H3,(H2,22,28). The molecular weight excluding hydrogens is 368 g/mol. The van der Waals surface area contributed by atoms with Crippen LogP contribution in [0.2, 0.25) is 0 Å². The first-order valence-corrected chi connectivity index (χ1v) is 9.24. The van der Waals surface area contributed by atoms with Crippen molar-refractivity contribution in [2.45, 2.75) is 20.4 Å². The van der Waals surface area contributed by atoms with E-state index in [9.17, 15) is 4.79 Å². The molecule has 0 aliphatic rings. The molecular formula is C21H20N6O2. The molecule has 8 nitrogen and oxygen atoms in total. The van der Waals surface area contributed by atoms with Gasteiger partial charge in [-0.3, -0.25) is 4.79 Å². The number of fused-ring (bicyclic) bond motifs is 1. The molecule has 2 aromatic heterocycles. The minimum atomic E-state index is -0.509. The van der Waals surface area contributed by atoms with E-state index in [0.717, 1.165) is 33.3 Å². The summed E-state index contributed by atoms with van der Waals surface area (Å²) in [4.78, 5) is 17.2. The number of primary amides is 1. The van der Waals surface area contributed by atoms with Crippen molar-refractivity contribution >= 4 is 16.8 Å². The fourth-order valence-electron chi connectivity index (χ4n) is 3.06. The number of nitrogens with two attached hydrogens (primary N) is 1. The normalized spacial score (nSPS) is 11.0. The monoisotopic (exact) mass is 388 g/mol. The van der Waals surface area contributed by atoms with Crippen LogP contribution in [0.25, 0.3) is 33.5 Å². The summed E-state index contributed by atoms with van der Waals surface area (Å²) in [7, 11) is 0. The van der Waals surface area contributed by atoms with Gasteiger partial charge in [-0.05, 0) is 61.0 Å². The number of benzene rings is 2. The highest BCUT2D eigenvalue weighted by atomic mass is 16.5. The summed E-state index contributed by atoms with van der Waals surface area (Å²) in [5.41, 5.74) is 9.75. The summed E-state index contributed by atoms with van der Waals surface area (Å²) in [6.45, 7) is 4.55. The van der Waals surface area contributed by atoms with Crippen molar-refractivity contribution in [1.29, 1.82) is 0 Å². The second kappa shape index (κ2) is 7.67. The lowest BCUT2D eigenvalue weighted by atomic mass is 10.0. The van der Waals surface area contributed by atoms with Crippen molar-refractivity contribution in [2.24, 2.45) is 5.73 Å². The highest BCUT2D eigenvalue weighted by Crippen LogP contribution is 2.28. The number of carbonyl (C=O) groups is 1. The number of carbonyl (C=O) groups excluding carboxylic acids is 1. The molecule has 0 aliphatic carbocycles. The Morgan fingerprint density at radius 3 is 2.55 bits per heavy atom. The van der Waals surface area contributed by atoms with Crippen LogP contribution in [0.1, 0.15) is 12.5 Å². The molecule has 0 bridgehead atoms. The molecule has 8 heteroatoms. The molecule has 0 saturated carbocycles. The van der Waals surface area contributed by atoms with Crippen LogP contribution in [0.15, 0.2) is 48.5 Å². The fourth-order valence-corrected chi connectivity index (χ4v) is 3.06. The van der Waals surface area contributed by atoms with Crippen LogP contribution in [0.5, 0.6) is 5.75 Å². The van der Waals surface area contributed by atoms with E-state index in [2.05, 4.69) is 22.3 Å². The third kappa shape index (κ3) is 3.91. The summed E-state index contributed by atoms with van der Waals surface area (Å²) in [6.07, 6.45) is 0. The van der Waals surface area contributed by atoms with Gasteiger partial charge in [0.15, 0.2) is 6.61 Å². The minimum Gasteiger partial charge on any atom is -0.484 e. The van der Waals surface area contributed by atoms with Gasteiger partial charge < -0.3 is 10.5 Å². The van der Waals surface area contributed by atoms with E-state index in [1.165, 1.54) is 0 Å². The lowest BCUT2D eigenvalue weighted by Crippen LogP contribution is -2.19. The number of aromatic nitrogens is 5. The van der Waals surface area contributed by atoms with E-state index in [1.807, 2.05) is 43.3 Å². The molecule has 0 fully saturated rings. The zero-order valence-electron chi connectivity index (χ0n) is 16.2. The molecule has 4 aromatic rings. The first-order chi connectivity index (χ1) is 14.0. The van der Waals surface area contributed by atoms with Crippen molar-refractivity contribution in [3.63, 3.8) is 0 Å². The molecule has 29 heavy (non-hydrogen) atoms. The van der Waals surface area contributed by atoms with Crippen molar-refractivity contribution in [1.82, 2.24) is 25.2 Å². The first-order valence-electron chi connectivity index (χ1n) is 9.24. The second-order valence-electron chi connectivity index (χ2n) is 6.64. The Labute approximate surface area is 167 Å². The molecule has 0 aliphatic heterocycles. The molecule has 0 saturated heterocycles. The molecule has 2 aromatic carbocycles. The van der Waals surface area contributed by atoms with E-state index in [1.54, 1.807) is 16.9 Å². The molecule has 0 unspecified atom stereocenters. The zero-order chi connectivity index (χ0) is 20.4. The van der Waals surface area contributed by atoms with Gasteiger partial charge in [-0.25, -0.2) is 4.98 Å². The Hall–Kier alpha value is -3.81. The molecule has 0 atom stereocenters. The van der Waals surface area contributed by atoms with E-state index in [0.29, 0.717) is 18.1 Å². The summed E-state index contributed by atoms with van der Waals surface area (Å²) in [5.74, 6) is 0.650.